The number of nitrogens with zero attached hydrogens (tertiary/aromatic N) is 1. The van der Waals surface area contributed by atoms with E-state index in [1.807, 2.05) is 10.6 Å². The number of unbranched alkanes of at least 4 members (excludes halogenated alkanes) is 1. The number of benzene rings is 1. The van der Waals surface area contributed by atoms with Crippen LogP contribution in [0.5, 0.6) is 0 Å². The number of hydrogen-bond acceptors (Lipinski definition) is 2. The highest BCUT2D eigenvalue weighted by molar-refractivity contribution is 6.04. The third-order valence-corrected chi connectivity index (χ3v) is 4.14. The Morgan fingerprint density at radius 2 is 2.09 bits per heavy atom. The highest BCUT2D eigenvalue weighted by Gasteiger charge is 2.18. The van der Waals surface area contributed by atoms with Crippen LogP contribution < -0.4 is 5.73 Å². The van der Waals surface area contributed by atoms with Crippen molar-refractivity contribution in [3.63, 3.8) is 0 Å². The second-order valence-electron chi connectivity index (χ2n) is 6.16. The first kappa shape index (κ1) is 16.6. The van der Waals surface area contributed by atoms with Crippen molar-refractivity contribution in [3.8, 4) is 0 Å². The molecule has 0 aliphatic carbocycles. The summed E-state index contributed by atoms with van der Waals surface area (Å²) in [6.07, 6.45) is 5.30. The Kier molecular flexibility index (Phi) is 5.24. The van der Waals surface area contributed by atoms with E-state index in [0.29, 0.717) is 24.6 Å². The molecule has 1 aromatic carbocycles. The highest BCUT2D eigenvalue weighted by atomic mass is 16.4. The van der Waals surface area contributed by atoms with Gasteiger partial charge in [-0.3, -0.25) is 0 Å². The molecule has 0 saturated carbocycles. The molecule has 0 atom stereocenters. The van der Waals surface area contributed by atoms with Gasteiger partial charge in [-0.1, -0.05) is 27.2 Å². The van der Waals surface area contributed by atoms with Crippen molar-refractivity contribution in [2.45, 2.75) is 52.5 Å². The molecule has 1 heterocycles. The van der Waals surface area contributed by atoms with Gasteiger partial charge in [0.2, 0.25) is 0 Å². The van der Waals surface area contributed by atoms with Crippen LogP contribution in [0.4, 0.5) is 0 Å². The van der Waals surface area contributed by atoms with Crippen LogP contribution in [0.2, 0.25) is 0 Å². The zero-order chi connectivity index (χ0) is 16.3. The topological polar surface area (TPSA) is 68.2 Å². The molecular weight excluding hydrogens is 276 g/mol. The van der Waals surface area contributed by atoms with Crippen molar-refractivity contribution in [2.24, 2.45) is 5.73 Å². The van der Waals surface area contributed by atoms with Gasteiger partial charge in [0.25, 0.3) is 0 Å². The van der Waals surface area contributed by atoms with Crippen molar-refractivity contribution >= 4 is 16.9 Å². The van der Waals surface area contributed by atoms with Gasteiger partial charge in [0.05, 0.1) is 11.1 Å². The van der Waals surface area contributed by atoms with Crippen LogP contribution in [0, 0.1) is 0 Å². The van der Waals surface area contributed by atoms with Crippen LogP contribution in [0.15, 0.2) is 18.3 Å². The Bertz CT molecular complexity index is 671. The molecule has 0 aliphatic heterocycles. The number of aromatic nitrogens is 1. The van der Waals surface area contributed by atoms with Gasteiger partial charge in [-0.25, -0.2) is 4.79 Å². The summed E-state index contributed by atoms with van der Waals surface area (Å²) < 4.78 is 2.01. The first-order valence-corrected chi connectivity index (χ1v) is 8.08. The second-order valence-corrected chi connectivity index (χ2v) is 6.16. The van der Waals surface area contributed by atoms with E-state index >= 15 is 0 Å². The minimum Gasteiger partial charge on any atom is -0.478 e. The summed E-state index contributed by atoms with van der Waals surface area (Å²) in [5.74, 6) is -0.565. The molecule has 0 fully saturated rings. The molecule has 0 unspecified atom stereocenters. The quantitative estimate of drug-likeness (QED) is 0.818. The summed E-state index contributed by atoms with van der Waals surface area (Å²) in [6, 6.07) is 3.97. The SMILES string of the molecule is CCCCc1cn(CCN)c2c(C(=O)O)cc(C(C)C)cc12. The third-order valence-electron chi connectivity index (χ3n) is 4.14. The number of fused-ring (bicyclic) bond motifs is 1. The molecule has 2 rings (SSSR count). The van der Waals surface area contributed by atoms with Crippen molar-refractivity contribution in [3.05, 3.63) is 35.0 Å². The van der Waals surface area contributed by atoms with Crippen molar-refractivity contribution in [1.82, 2.24) is 4.57 Å². The number of carboxylic acids is 1. The van der Waals surface area contributed by atoms with E-state index in [4.69, 9.17) is 5.73 Å². The number of hydrogen-bond donors (Lipinski definition) is 2. The van der Waals surface area contributed by atoms with Gasteiger partial charge in [0.15, 0.2) is 0 Å². The number of nitrogens with two attached hydrogens (primary N) is 1. The molecule has 0 spiro atoms. The molecule has 0 saturated heterocycles. The predicted octanol–water partition coefficient (Wildman–Crippen LogP) is 3.76. The molecule has 0 radical (unpaired) electrons. The zero-order valence-corrected chi connectivity index (χ0v) is 13.7. The molecule has 0 amide bonds. The van der Waals surface area contributed by atoms with Gasteiger partial charge in [0, 0.05) is 24.7 Å². The lowest BCUT2D eigenvalue weighted by Gasteiger charge is -2.11. The normalized spacial score (nSPS) is 11.5. The van der Waals surface area contributed by atoms with Gasteiger partial charge in [-0.05, 0) is 42.0 Å². The first-order valence-electron chi connectivity index (χ1n) is 8.08. The molecule has 22 heavy (non-hydrogen) atoms. The Balaban J connectivity index is 2.72. The maximum Gasteiger partial charge on any atom is 0.337 e. The Morgan fingerprint density at radius 1 is 1.36 bits per heavy atom. The molecular formula is C18H26N2O2. The lowest BCUT2D eigenvalue weighted by atomic mass is 9.96. The van der Waals surface area contributed by atoms with E-state index in [9.17, 15) is 9.90 Å². The van der Waals surface area contributed by atoms with Crippen molar-refractivity contribution < 1.29 is 9.90 Å². The van der Waals surface area contributed by atoms with Crippen LogP contribution in [-0.2, 0) is 13.0 Å². The Hall–Kier alpha value is -1.81. The largest absolute Gasteiger partial charge is 0.478 e. The Labute approximate surface area is 131 Å². The molecule has 2 aromatic rings. The number of rotatable bonds is 7. The summed E-state index contributed by atoms with van der Waals surface area (Å²) in [6.45, 7) is 7.50. The first-order chi connectivity index (χ1) is 10.5. The van der Waals surface area contributed by atoms with Gasteiger partial charge >= 0.3 is 5.97 Å². The van der Waals surface area contributed by atoms with Crippen LogP contribution in [0.3, 0.4) is 0 Å². The third kappa shape index (κ3) is 3.17. The van der Waals surface area contributed by atoms with Gasteiger partial charge in [-0.2, -0.15) is 0 Å². The van der Waals surface area contributed by atoms with E-state index < -0.39 is 5.97 Å². The van der Waals surface area contributed by atoms with Gasteiger partial charge in [-0.15, -0.1) is 0 Å². The maximum absolute atomic E-state index is 11.7. The van der Waals surface area contributed by atoms with Gasteiger partial charge < -0.3 is 15.4 Å². The fourth-order valence-corrected chi connectivity index (χ4v) is 2.91. The predicted molar refractivity (Wildman–Crippen MR) is 90.7 cm³/mol. The summed E-state index contributed by atoms with van der Waals surface area (Å²) in [5, 5.41) is 10.7. The highest BCUT2D eigenvalue weighted by Crippen LogP contribution is 2.30. The van der Waals surface area contributed by atoms with Crippen molar-refractivity contribution in [2.75, 3.05) is 6.54 Å². The summed E-state index contributed by atoms with van der Waals surface area (Å²) in [4.78, 5) is 11.7. The van der Waals surface area contributed by atoms with E-state index in [0.717, 1.165) is 35.7 Å². The van der Waals surface area contributed by atoms with Crippen LogP contribution in [0.1, 0.15) is 61.0 Å². The molecule has 120 valence electrons. The van der Waals surface area contributed by atoms with Crippen LogP contribution >= 0.6 is 0 Å². The van der Waals surface area contributed by atoms with Crippen LogP contribution in [-0.4, -0.2) is 22.2 Å². The number of aromatic carboxylic acids is 1. The Morgan fingerprint density at radius 3 is 2.64 bits per heavy atom. The molecule has 4 heteroatoms. The zero-order valence-electron chi connectivity index (χ0n) is 13.7. The van der Waals surface area contributed by atoms with E-state index in [1.165, 1.54) is 5.56 Å². The summed E-state index contributed by atoms with van der Waals surface area (Å²) >= 11 is 0. The van der Waals surface area contributed by atoms with E-state index in [-0.39, 0.29) is 0 Å². The number of aryl methyl sites for hydroxylation is 1. The molecule has 0 bridgehead atoms. The molecule has 3 N–H and O–H groups in total. The second kappa shape index (κ2) is 6.97. The monoisotopic (exact) mass is 302 g/mol. The fraction of sp³-hybridized carbons (Fsp3) is 0.500. The van der Waals surface area contributed by atoms with Crippen molar-refractivity contribution in [1.29, 1.82) is 0 Å². The average Bonchev–Trinajstić information content (AvgIpc) is 2.82. The average molecular weight is 302 g/mol. The number of carboxylic acid groups (broad SMARTS) is 1. The lowest BCUT2D eigenvalue weighted by molar-refractivity contribution is 0.0698. The fourth-order valence-electron chi connectivity index (χ4n) is 2.91. The smallest absolute Gasteiger partial charge is 0.337 e. The molecule has 4 nitrogen and oxygen atoms in total. The molecule has 0 aliphatic rings. The van der Waals surface area contributed by atoms with E-state index in [1.54, 1.807) is 0 Å². The summed E-state index contributed by atoms with van der Waals surface area (Å²) in [7, 11) is 0. The molecule has 1 aromatic heterocycles. The minimum atomic E-state index is -0.870. The lowest BCUT2D eigenvalue weighted by Crippen LogP contribution is -2.11. The van der Waals surface area contributed by atoms with E-state index in [2.05, 4.69) is 33.0 Å². The standard InChI is InChI=1S/C18H26N2O2/c1-4-5-6-13-11-20(8-7-19)17-15(13)9-14(12(2)3)10-16(17)18(21)22/h9-12H,4-8,19H2,1-3H3,(H,21,22). The van der Waals surface area contributed by atoms with Crippen LogP contribution in [0.25, 0.3) is 10.9 Å². The van der Waals surface area contributed by atoms with Gasteiger partial charge in [0.1, 0.15) is 0 Å². The number of carbonyl (C=O) groups is 1. The minimum absolute atomic E-state index is 0.305. The maximum atomic E-state index is 11.7. The summed E-state index contributed by atoms with van der Waals surface area (Å²) in [5.41, 5.74) is 9.21.